The normalized spacial score (nSPS) is 18.5. The highest BCUT2D eigenvalue weighted by molar-refractivity contribution is 7.45. The van der Waals surface area contributed by atoms with Gasteiger partial charge in [0.2, 0.25) is 0 Å². The van der Waals surface area contributed by atoms with Gasteiger partial charge in [0.15, 0.2) is 0 Å². The van der Waals surface area contributed by atoms with E-state index in [0.717, 1.165) is 6.04 Å². The Morgan fingerprint density at radius 2 is 1.15 bits per heavy atom. The van der Waals surface area contributed by atoms with Crippen molar-refractivity contribution in [2.24, 2.45) is 0 Å². The molecular weight excluding hydrogens is 349 g/mol. The maximum absolute atomic E-state index is 8.88. The number of quaternary nitrogens is 1. The molecule has 3 N–H and O–H groups in total. The fourth-order valence-corrected chi connectivity index (χ4v) is 3.97. The Morgan fingerprint density at radius 1 is 0.769 bits per heavy atom. The van der Waals surface area contributed by atoms with Gasteiger partial charge in [-0.05, 0) is 38.5 Å². The van der Waals surface area contributed by atoms with Crippen LogP contribution in [0.4, 0.5) is 0 Å². The molecule has 158 valence electrons. The van der Waals surface area contributed by atoms with E-state index in [4.69, 9.17) is 19.2 Å². The van der Waals surface area contributed by atoms with E-state index < -0.39 is 7.82 Å². The molecule has 0 aromatic heterocycles. The minimum absolute atomic E-state index is 0.925. The average molecular weight is 395 g/mol. The maximum atomic E-state index is 8.88. The molecule has 26 heavy (non-hydrogen) atoms. The van der Waals surface area contributed by atoms with E-state index in [1.165, 1.54) is 107 Å². The Bertz CT molecular complexity index is 351. The van der Waals surface area contributed by atoms with E-state index in [0.29, 0.717) is 0 Å². The molecule has 6 heteroatoms. The Labute approximate surface area is 162 Å². The number of rotatable bonds is 7. The molecule has 0 amide bonds. The van der Waals surface area contributed by atoms with Crippen molar-refractivity contribution in [3.8, 4) is 0 Å². The molecule has 5 nitrogen and oxygen atoms in total. The fourth-order valence-electron chi connectivity index (χ4n) is 3.97. The topological polar surface area (TPSA) is 77.8 Å². The highest BCUT2D eigenvalue weighted by atomic mass is 31.2. The van der Waals surface area contributed by atoms with Crippen molar-refractivity contribution in [3.63, 3.8) is 0 Å². The van der Waals surface area contributed by atoms with Gasteiger partial charge < -0.3 is 19.2 Å². The lowest BCUT2D eigenvalue weighted by molar-refractivity contribution is -0.916. The van der Waals surface area contributed by atoms with E-state index in [9.17, 15) is 0 Å². The van der Waals surface area contributed by atoms with E-state index in [-0.39, 0.29) is 0 Å². The Kier molecular flexibility index (Phi) is 15.1. The van der Waals surface area contributed by atoms with Gasteiger partial charge in [0.1, 0.15) is 0 Å². The zero-order valence-corrected chi connectivity index (χ0v) is 18.4. The van der Waals surface area contributed by atoms with Crippen LogP contribution in [-0.4, -0.2) is 45.8 Å². The molecular formula is C20H45NO4P+. The quantitative estimate of drug-likeness (QED) is 0.307. The second-order valence-electron chi connectivity index (χ2n) is 8.49. The van der Waals surface area contributed by atoms with E-state index >= 15 is 0 Å². The summed E-state index contributed by atoms with van der Waals surface area (Å²) in [4.78, 5) is 21.6. The third-order valence-corrected chi connectivity index (χ3v) is 5.65. The molecule has 0 aromatic rings. The van der Waals surface area contributed by atoms with Crippen LogP contribution in [0.5, 0.6) is 0 Å². The molecule has 0 bridgehead atoms. The summed E-state index contributed by atoms with van der Waals surface area (Å²) in [5.41, 5.74) is 0. The van der Waals surface area contributed by atoms with Gasteiger partial charge in [-0.25, -0.2) is 4.57 Å². The number of phosphoric acid groups is 1. The van der Waals surface area contributed by atoms with Crippen LogP contribution in [0.25, 0.3) is 0 Å². The third-order valence-electron chi connectivity index (χ3n) is 5.65. The van der Waals surface area contributed by atoms with Crippen LogP contribution in [0.2, 0.25) is 0 Å². The molecule has 1 saturated carbocycles. The summed E-state index contributed by atoms with van der Waals surface area (Å²) < 4.78 is 10.2. The van der Waals surface area contributed by atoms with Crippen LogP contribution in [0.15, 0.2) is 0 Å². The lowest BCUT2D eigenvalue weighted by atomic mass is 9.99. The van der Waals surface area contributed by atoms with Crippen molar-refractivity contribution >= 4 is 7.82 Å². The van der Waals surface area contributed by atoms with Gasteiger partial charge in [-0.3, -0.25) is 0 Å². The van der Waals surface area contributed by atoms with Crippen LogP contribution < -0.4 is 0 Å². The van der Waals surface area contributed by atoms with E-state index in [2.05, 4.69) is 21.0 Å². The first-order valence-electron chi connectivity index (χ1n) is 10.8. The first-order valence-corrected chi connectivity index (χ1v) is 12.3. The summed E-state index contributed by atoms with van der Waals surface area (Å²) in [6, 6.07) is 0.925. The highest BCUT2D eigenvalue weighted by Gasteiger charge is 2.26. The van der Waals surface area contributed by atoms with Crippen LogP contribution >= 0.6 is 7.82 Å². The van der Waals surface area contributed by atoms with Gasteiger partial charge in [-0.1, -0.05) is 64.7 Å². The van der Waals surface area contributed by atoms with Crippen LogP contribution in [-0.2, 0) is 4.57 Å². The van der Waals surface area contributed by atoms with Crippen LogP contribution in [0.3, 0.4) is 0 Å². The van der Waals surface area contributed by atoms with Crippen molar-refractivity contribution in [1.82, 2.24) is 0 Å². The summed E-state index contributed by atoms with van der Waals surface area (Å²) in [5, 5.41) is 0. The van der Waals surface area contributed by atoms with Gasteiger partial charge >= 0.3 is 7.82 Å². The molecule has 0 saturated heterocycles. The molecule has 0 aromatic carbocycles. The van der Waals surface area contributed by atoms with E-state index in [1.807, 2.05) is 0 Å². The summed E-state index contributed by atoms with van der Waals surface area (Å²) in [6.07, 6.45) is 21.9. The zero-order chi connectivity index (χ0) is 19.9. The number of unbranched alkanes of at least 4 members (excludes halogenated alkanes) is 4. The third kappa shape index (κ3) is 17.5. The first-order chi connectivity index (χ1) is 12.2. The number of hydrogen-bond donors (Lipinski definition) is 3. The monoisotopic (exact) mass is 394 g/mol. The minimum Gasteiger partial charge on any atom is -0.326 e. The summed E-state index contributed by atoms with van der Waals surface area (Å²) in [5.74, 6) is 0. The standard InChI is InChI=1S/C20H42N.H3O4P/c1-4-5-6-13-16-19-21(2,3)20-17-14-11-9-7-8-10-12-15-18-20;1-5(2,3)4/h20H,4-19H2,1-3H3;(H3,1,2,3,4)/q+1;. The number of nitrogens with zero attached hydrogens (tertiary/aromatic N) is 1. The predicted octanol–water partition coefficient (Wildman–Crippen LogP) is 5.39. The Balaban J connectivity index is 0.00000110. The minimum atomic E-state index is -4.64. The predicted molar refractivity (Wildman–Crippen MR) is 110 cm³/mol. The van der Waals surface area contributed by atoms with Crippen LogP contribution in [0, 0.1) is 0 Å². The lowest BCUT2D eigenvalue weighted by Gasteiger charge is -2.39. The molecule has 1 aliphatic rings. The smallest absolute Gasteiger partial charge is 0.326 e. The van der Waals surface area contributed by atoms with Gasteiger partial charge in [0.25, 0.3) is 0 Å². The lowest BCUT2D eigenvalue weighted by Crippen LogP contribution is -2.49. The highest BCUT2D eigenvalue weighted by Crippen LogP contribution is 2.26. The van der Waals surface area contributed by atoms with Gasteiger partial charge in [0, 0.05) is 0 Å². The second-order valence-corrected chi connectivity index (χ2v) is 9.52. The number of hydrogen-bond acceptors (Lipinski definition) is 1. The summed E-state index contributed by atoms with van der Waals surface area (Å²) in [6.45, 7) is 3.71. The zero-order valence-electron chi connectivity index (χ0n) is 17.5. The SMILES string of the molecule is CCCCCCC[N+](C)(C)C1CCCCCCCCCC1.O=P(O)(O)O. The summed E-state index contributed by atoms with van der Waals surface area (Å²) in [7, 11) is 0.369. The molecule has 0 heterocycles. The second kappa shape index (κ2) is 15.0. The Hall–Kier alpha value is 0.0700. The largest absolute Gasteiger partial charge is 0.466 e. The van der Waals surface area contributed by atoms with Crippen molar-refractivity contribution in [1.29, 1.82) is 0 Å². The molecule has 1 fully saturated rings. The molecule has 0 aliphatic heterocycles. The summed E-state index contributed by atoms with van der Waals surface area (Å²) >= 11 is 0. The fraction of sp³-hybridized carbons (Fsp3) is 1.00. The van der Waals surface area contributed by atoms with Crippen molar-refractivity contribution in [3.05, 3.63) is 0 Å². The maximum Gasteiger partial charge on any atom is 0.466 e. The van der Waals surface area contributed by atoms with Crippen molar-refractivity contribution in [2.45, 2.75) is 109 Å². The van der Waals surface area contributed by atoms with E-state index in [1.54, 1.807) is 0 Å². The molecule has 0 radical (unpaired) electrons. The van der Waals surface area contributed by atoms with Crippen LogP contribution in [0.1, 0.15) is 103 Å². The Morgan fingerprint density at radius 3 is 1.58 bits per heavy atom. The first kappa shape index (κ1) is 26.1. The van der Waals surface area contributed by atoms with Gasteiger partial charge in [0.05, 0.1) is 26.7 Å². The van der Waals surface area contributed by atoms with Gasteiger partial charge in [-0.2, -0.15) is 0 Å². The molecule has 0 unspecified atom stereocenters. The van der Waals surface area contributed by atoms with Crippen molar-refractivity contribution in [2.75, 3.05) is 20.6 Å². The van der Waals surface area contributed by atoms with Gasteiger partial charge in [-0.15, -0.1) is 0 Å². The molecule has 0 atom stereocenters. The molecule has 1 rings (SSSR count). The van der Waals surface area contributed by atoms with Crippen molar-refractivity contribution < 1.29 is 23.7 Å². The molecule has 1 aliphatic carbocycles. The molecule has 0 spiro atoms. The average Bonchev–Trinajstić information content (AvgIpc) is 2.58.